The van der Waals surface area contributed by atoms with Gasteiger partial charge in [-0.25, -0.2) is 4.39 Å². The maximum absolute atomic E-state index is 13.6. The zero-order valence-electron chi connectivity index (χ0n) is 7.34. The third kappa shape index (κ3) is 1.38. The van der Waals surface area contributed by atoms with E-state index in [1.54, 1.807) is 24.3 Å². The predicted molar refractivity (Wildman–Crippen MR) is 51.8 cm³/mol. The van der Waals surface area contributed by atoms with Crippen molar-refractivity contribution < 1.29 is 9.18 Å². The molecule has 1 saturated carbocycles. The van der Waals surface area contributed by atoms with Gasteiger partial charge in [0.15, 0.2) is 5.67 Å². The van der Waals surface area contributed by atoms with Crippen molar-refractivity contribution in [2.45, 2.75) is 18.0 Å². The molecule has 1 aromatic rings. The van der Waals surface area contributed by atoms with Gasteiger partial charge in [0.1, 0.15) is 0 Å². The summed E-state index contributed by atoms with van der Waals surface area (Å²) in [7, 11) is 0. The molecule has 1 fully saturated rings. The summed E-state index contributed by atoms with van der Waals surface area (Å²) < 4.78 is 13.6. The molecule has 0 heterocycles. The van der Waals surface area contributed by atoms with Crippen molar-refractivity contribution in [3.63, 3.8) is 0 Å². The van der Waals surface area contributed by atoms with E-state index in [9.17, 15) is 9.18 Å². The average molecular weight is 214 g/mol. The van der Waals surface area contributed by atoms with Crippen molar-refractivity contribution in [3.05, 3.63) is 34.9 Å². The molecule has 1 aliphatic rings. The molecule has 74 valence electrons. The van der Waals surface area contributed by atoms with Gasteiger partial charge >= 0.3 is 0 Å². The second-order valence-corrected chi connectivity index (χ2v) is 3.97. The molecule has 1 amide bonds. The summed E-state index contributed by atoms with van der Waals surface area (Å²) in [5, 5.41) is 0.543. The van der Waals surface area contributed by atoms with Crippen molar-refractivity contribution in [2.75, 3.05) is 0 Å². The van der Waals surface area contributed by atoms with Crippen LogP contribution in [0.2, 0.25) is 5.02 Å². The summed E-state index contributed by atoms with van der Waals surface area (Å²) in [6.07, 6.45) is 0.169. The van der Waals surface area contributed by atoms with Crippen molar-refractivity contribution in [3.8, 4) is 0 Å². The van der Waals surface area contributed by atoms with Gasteiger partial charge in [0.05, 0.1) is 0 Å². The molecule has 4 heteroatoms. The third-order valence-corrected chi connectivity index (χ3v) is 2.79. The van der Waals surface area contributed by atoms with Gasteiger partial charge in [-0.15, -0.1) is 0 Å². The normalized spacial score (nSPS) is 30.0. The number of nitrogens with two attached hydrogens (primary N) is 1. The van der Waals surface area contributed by atoms with Crippen molar-refractivity contribution >= 4 is 17.5 Å². The van der Waals surface area contributed by atoms with E-state index >= 15 is 0 Å². The first-order valence-corrected chi connectivity index (χ1v) is 4.66. The van der Waals surface area contributed by atoms with E-state index in [2.05, 4.69) is 0 Å². The summed E-state index contributed by atoms with van der Waals surface area (Å²) in [5.41, 5.74) is 3.83. The number of hydrogen-bond acceptors (Lipinski definition) is 1. The van der Waals surface area contributed by atoms with Crippen LogP contribution >= 0.6 is 11.6 Å². The molecule has 14 heavy (non-hydrogen) atoms. The molecule has 2 atom stereocenters. The van der Waals surface area contributed by atoms with E-state index in [4.69, 9.17) is 17.3 Å². The van der Waals surface area contributed by atoms with Crippen LogP contribution in [0.5, 0.6) is 0 Å². The molecule has 1 aliphatic carbocycles. The Bertz CT molecular complexity index is 395. The molecule has 1 aromatic carbocycles. The Labute approximate surface area is 85.9 Å². The fourth-order valence-corrected chi connectivity index (χ4v) is 1.81. The third-order valence-electron chi connectivity index (χ3n) is 2.55. The summed E-state index contributed by atoms with van der Waals surface area (Å²) in [5.74, 6) is -1.30. The Balaban J connectivity index is 2.25. The Hall–Kier alpha value is -1.09. The zero-order chi connectivity index (χ0) is 10.3. The number of alkyl halides is 1. The number of carbonyl (C=O) groups is 1. The fourth-order valence-electron chi connectivity index (χ4n) is 1.62. The van der Waals surface area contributed by atoms with Crippen molar-refractivity contribution in [1.29, 1.82) is 0 Å². The molecule has 0 saturated heterocycles. The molecular weight excluding hydrogens is 205 g/mol. The maximum Gasteiger partial charge on any atom is 0.255 e. The van der Waals surface area contributed by atoms with Gasteiger partial charge in [-0.1, -0.05) is 23.7 Å². The second kappa shape index (κ2) is 2.95. The minimum absolute atomic E-state index is 0.169. The quantitative estimate of drug-likeness (QED) is 0.803. The van der Waals surface area contributed by atoms with Crippen LogP contribution in [0, 0.1) is 0 Å². The van der Waals surface area contributed by atoms with Gasteiger partial charge in [-0.3, -0.25) is 4.79 Å². The number of carbonyl (C=O) groups excluding carboxylic acids is 1. The van der Waals surface area contributed by atoms with E-state index in [-0.39, 0.29) is 6.42 Å². The van der Waals surface area contributed by atoms with Gasteiger partial charge in [-0.05, 0) is 17.7 Å². The number of hydrogen-bond donors (Lipinski definition) is 1. The first-order valence-electron chi connectivity index (χ1n) is 4.28. The average Bonchev–Trinajstić information content (AvgIpc) is 2.80. The summed E-state index contributed by atoms with van der Waals surface area (Å²) in [6, 6.07) is 6.85. The molecule has 0 bridgehead atoms. The van der Waals surface area contributed by atoms with Crippen LogP contribution in [0.25, 0.3) is 0 Å². The Kier molecular flexibility index (Phi) is 2.00. The van der Waals surface area contributed by atoms with E-state index in [0.29, 0.717) is 5.02 Å². The van der Waals surface area contributed by atoms with Crippen LogP contribution in [0.15, 0.2) is 24.3 Å². The summed E-state index contributed by atoms with van der Waals surface area (Å²) >= 11 is 5.75. The fraction of sp³-hybridized carbons (Fsp3) is 0.300. The topological polar surface area (TPSA) is 43.1 Å². The minimum Gasteiger partial charge on any atom is -0.367 e. The molecule has 0 unspecified atom stereocenters. The minimum atomic E-state index is -1.86. The summed E-state index contributed by atoms with van der Waals surface area (Å²) in [6.45, 7) is 0. The van der Waals surface area contributed by atoms with E-state index in [1.807, 2.05) is 0 Å². The largest absolute Gasteiger partial charge is 0.367 e. The van der Waals surface area contributed by atoms with Crippen LogP contribution in [0.4, 0.5) is 4.39 Å². The molecule has 2 rings (SSSR count). The molecule has 0 aromatic heterocycles. The lowest BCUT2D eigenvalue weighted by Crippen LogP contribution is -2.27. The van der Waals surface area contributed by atoms with Crippen molar-refractivity contribution in [1.82, 2.24) is 0 Å². The number of amides is 1. The van der Waals surface area contributed by atoms with Gasteiger partial charge in [-0.2, -0.15) is 0 Å². The number of rotatable bonds is 2. The lowest BCUT2D eigenvalue weighted by atomic mass is 10.1. The van der Waals surface area contributed by atoms with Crippen LogP contribution in [0.3, 0.4) is 0 Å². The number of halogens is 2. The van der Waals surface area contributed by atoms with Crippen molar-refractivity contribution in [2.24, 2.45) is 5.73 Å². The Morgan fingerprint density at radius 2 is 2.36 bits per heavy atom. The molecule has 2 N–H and O–H groups in total. The lowest BCUT2D eigenvalue weighted by molar-refractivity contribution is -0.124. The number of primary amides is 1. The van der Waals surface area contributed by atoms with Crippen LogP contribution < -0.4 is 5.73 Å². The molecule has 0 spiro atoms. The van der Waals surface area contributed by atoms with E-state index in [1.165, 1.54) is 0 Å². The highest BCUT2D eigenvalue weighted by molar-refractivity contribution is 6.30. The lowest BCUT2D eigenvalue weighted by Gasteiger charge is -2.03. The maximum atomic E-state index is 13.6. The first-order chi connectivity index (χ1) is 6.54. The van der Waals surface area contributed by atoms with E-state index < -0.39 is 17.5 Å². The van der Waals surface area contributed by atoms with Gasteiger partial charge < -0.3 is 5.73 Å². The molecule has 2 nitrogen and oxygen atoms in total. The molecule has 0 aliphatic heterocycles. The number of benzene rings is 1. The van der Waals surface area contributed by atoms with Gasteiger partial charge in [0, 0.05) is 17.4 Å². The molecule has 0 radical (unpaired) electrons. The van der Waals surface area contributed by atoms with Gasteiger partial charge in [0.2, 0.25) is 0 Å². The van der Waals surface area contributed by atoms with Crippen LogP contribution in [0.1, 0.15) is 17.9 Å². The predicted octanol–water partition coefficient (Wildman–Crippen LogP) is 2.02. The van der Waals surface area contributed by atoms with E-state index in [0.717, 1.165) is 5.56 Å². The van der Waals surface area contributed by atoms with Gasteiger partial charge in [0.25, 0.3) is 5.91 Å². The smallest absolute Gasteiger partial charge is 0.255 e. The molecular formula is C10H9ClFNO. The second-order valence-electron chi connectivity index (χ2n) is 3.54. The highest BCUT2D eigenvalue weighted by atomic mass is 35.5. The Morgan fingerprint density at radius 3 is 2.86 bits per heavy atom. The SMILES string of the molecule is NC(=O)[C@@]1(F)C[C@@H]1c1cccc(Cl)c1. The Morgan fingerprint density at radius 1 is 1.64 bits per heavy atom. The highest BCUT2D eigenvalue weighted by Crippen LogP contribution is 2.54. The summed E-state index contributed by atoms with van der Waals surface area (Å²) in [4.78, 5) is 10.8. The zero-order valence-corrected chi connectivity index (χ0v) is 8.09. The first kappa shape index (κ1) is 9.46. The monoisotopic (exact) mass is 213 g/mol. The highest BCUT2D eigenvalue weighted by Gasteiger charge is 2.61. The standard InChI is InChI=1S/C10H9ClFNO/c11-7-3-1-2-6(4-7)8-5-10(8,12)9(13)14/h1-4,8H,5H2,(H2,13,14)/t8-,10-/m1/s1. The van der Waals surface area contributed by atoms with Crippen LogP contribution in [-0.2, 0) is 4.79 Å². The van der Waals surface area contributed by atoms with Crippen LogP contribution in [-0.4, -0.2) is 11.6 Å².